The molecule has 3 heterocycles. The zero-order valence-corrected chi connectivity index (χ0v) is 22.5. The summed E-state index contributed by atoms with van der Waals surface area (Å²) in [6.45, 7) is 10.1. The third kappa shape index (κ3) is 5.39. The quantitative estimate of drug-likeness (QED) is 0.400. The lowest BCUT2D eigenvalue weighted by molar-refractivity contribution is -0.0225. The first-order valence-electron chi connectivity index (χ1n) is 12.9. The summed E-state index contributed by atoms with van der Waals surface area (Å²) < 4.78 is 59.0. The summed E-state index contributed by atoms with van der Waals surface area (Å²) in [4.78, 5) is 23.1. The van der Waals surface area contributed by atoms with Crippen LogP contribution in [0, 0.1) is 12.7 Å². The van der Waals surface area contributed by atoms with Crippen LogP contribution in [0.25, 0.3) is 10.9 Å². The Morgan fingerprint density at radius 2 is 1.92 bits per heavy atom. The summed E-state index contributed by atoms with van der Waals surface area (Å²) in [5.41, 5.74) is 0.436. The number of anilines is 1. The third-order valence-electron chi connectivity index (χ3n) is 6.62. The molecule has 2 aromatic carbocycles. The maximum atomic E-state index is 14.9. The fourth-order valence-electron chi connectivity index (χ4n) is 4.77. The number of hydrogen-bond acceptors (Lipinski definition) is 7. The molecule has 2 aliphatic heterocycles. The minimum Gasteiger partial charge on any atom is -0.489 e. The van der Waals surface area contributed by atoms with Gasteiger partial charge in [0.1, 0.15) is 29.2 Å². The Balaban J connectivity index is 1.43. The van der Waals surface area contributed by atoms with Crippen LogP contribution in [0.1, 0.15) is 62.7 Å². The maximum absolute atomic E-state index is 14.9. The summed E-state index contributed by atoms with van der Waals surface area (Å²) in [5, 5.41) is 3.83. The first-order chi connectivity index (χ1) is 18.4. The zero-order valence-electron chi connectivity index (χ0n) is 22.5. The van der Waals surface area contributed by atoms with Gasteiger partial charge in [-0.1, -0.05) is 18.2 Å². The van der Waals surface area contributed by atoms with Crippen molar-refractivity contribution in [3.05, 3.63) is 52.6 Å². The van der Waals surface area contributed by atoms with E-state index in [2.05, 4.69) is 15.3 Å². The minimum atomic E-state index is -2.92. The highest BCUT2D eigenvalue weighted by Gasteiger charge is 2.36. The second kappa shape index (κ2) is 10.1. The van der Waals surface area contributed by atoms with Crippen molar-refractivity contribution in [1.29, 1.82) is 0 Å². The number of hydrogen-bond donors (Lipinski definition) is 1. The number of halogens is 3. The number of fused-ring (bicyclic) bond motifs is 3. The van der Waals surface area contributed by atoms with E-state index in [0.717, 1.165) is 11.6 Å². The molecular formula is C28H31F3N4O4. The summed E-state index contributed by atoms with van der Waals surface area (Å²) in [7, 11) is 0. The third-order valence-corrected chi connectivity index (χ3v) is 6.62. The number of alkyl halides is 2. The average molecular weight is 545 g/mol. The van der Waals surface area contributed by atoms with Gasteiger partial charge in [0.25, 0.3) is 6.43 Å². The normalized spacial score (nSPS) is 16.1. The van der Waals surface area contributed by atoms with Crippen molar-refractivity contribution in [1.82, 2.24) is 14.9 Å². The van der Waals surface area contributed by atoms with Gasteiger partial charge in [-0.25, -0.2) is 27.9 Å². The van der Waals surface area contributed by atoms with Gasteiger partial charge >= 0.3 is 6.09 Å². The molecule has 2 aliphatic rings. The summed E-state index contributed by atoms with van der Waals surface area (Å²) in [5.74, 6) is 1.08. The van der Waals surface area contributed by atoms with Crippen LogP contribution in [-0.2, 0) is 11.2 Å². The Kier molecular flexibility index (Phi) is 6.94. The molecule has 39 heavy (non-hydrogen) atoms. The van der Waals surface area contributed by atoms with Gasteiger partial charge in [0.05, 0.1) is 36.8 Å². The number of rotatable bonds is 6. The van der Waals surface area contributed by atoms with Crippen LogP contribution in [0.3, 0.4) is 0 Å². The number of carbonyl (C=O) groups is 1. The van der Waals surface area contributed by atoms with Gasteiger partial charge in [0, 0.05) is 22.9 Å². The monoisotopic (exact) mass is 544 g/mol. The number of amides is 1. The van der Waals surface area contributed by atoms with Gasteiger partial charge in [-0.15, -0.1) is 0 Å². The van der Waals surface area contributed by atoms with E-state index in [0.29, 0.717) is 60.2 Å². The smallest absolute Gasteiger partial charge is 0.410 e. The Labute approximate surface area is 224 Å². The minimum absolute atomic E-state index is 0.106. The first-order valence-corrected chi connectivity index (χ1v) is 12.9. The second-order valence-corrected chi connectivity index (χ2v) is 10.8. The number of carbonyl (C=O) groups excluding carboxylic acids is 1. The molecule has 8 nitrogen and oxygen atoms in total. The van der Waals surface area contributed by atoms with Gasteiger partial charge in [0.2, 0.25) is 0 Å². The van der Waals surface area contributed by atoms with E-state index in [1.165, 1.54) is 12.1 Å². The number of nitrogens with one attached hydrogen (secondary N) is 1. The highest BCUT2D eigenvalue weighted by atomic mass is 19.3. The molecule has 1 fully saturated rings. The number of ether oxygens (including phenoxy) is 3. The molecule has 1 amide bonds. The Morgan fingerprint density at radius 1 is 1.21 bits per heavy atom. The number of nitrogens with zero attached hydrogens (tertiary/aromatic N) is 3. The average Bonchev–Trinajstić information content (AvgIpc) is 3.30. The van der Waals surface area contributed by atoms with Crippen molar-refractivity contribution in [3.63, 3.8) is 0 Å². The van der Waals surface area contributed by atoms with Crippen molar-refractivity contribution in [2.24, 2.45) is 0 Å². The van der Waals surface area contributed by atoms with E-state index >= 15 is 0 Å². The fourth-order valence-corrected chi connectivity index (χ4v) is 4.77. The van der Waals surface area contributed by atoms with Gasteiger partial charge in [-0.2, -0.15) is 0 Å². The Hall–Kier alpha value is -3.76. The molecule has 1 atom stereocenters. The highest BCUT2D eigenvalue weighted by Crippen LogP contribution is 2.43. The van der Waals surface area contributed by atoms with Gasteiger partial charge in [-0.3, -0.25) is 0 Å². The molecule has 11 heteroatoms. The van der Waals surface area contributed by atoms with E-state index in [4.69, 9.17) is 14.2 Å². The van der Waals surface area contributed by atoms with Crippen LogP contribution in [0.4, 0.5) is 23.8 Å². The van der Waals surface area contributed by atoms with Crippen molar-refractivity contribution >= 4 is 22.8 Å². The highest BCUT2D eigenvalue weighted by molar-refractivity contribution is 5.95. The second-order valence-electron chi connectivity index (χ2n) is 10.8. The maximum Gasteiger partial charge on any atom is 0.410 e. The predicted molar refractivity (Wildman–Crippen MR) is 139 cm³/mol. The molecule has 0 saturated carbocycles. The molecule has 1 N–H and O–H groups in total. The molecule has 0 radical (unpaired) electrons. The number of aromatic nitrogens is 2. The van der Waals surface area contributed by atoms with Crippen LogP contribution in [0.2, 0.25) is 0 Å². The molecule has 1 aromatic heterocycles. The fraction of sp³-hybridized carbons (Fsp3) is 0.464. The summed E-state index contributed by atoms with van der Waals surface area (Å²) in [6.07, 6.45) is -2.95. The number of likely N-dealkylation sites (tertiary alicyclic amines) is 1. The number of benzene rings is 2. The van der Waals surface area contributed by atoms with Crippen molar-refractivity contribution in [2.75, 3.05) is 25.0 Å². The summed E-state index contributed by atoms with van der Waals surface area (Å²) in [6, 6.07) is 5.08. The van der Waals surface area contributed by atoms with E-state index in [1.807, 2.05) is 20.8 Å². The van der Waals surface area contributed by atoms with Gasteiger partial charge < -0.3 is 24.4 Å². The lowest BCUT2D eigenvalue weighted by Crippen LogP contribution is -2.57. The lowest BCUT2D eigenvalue weighted by Gasteiger charge is -2.39. The van der Waals surface area contributed by atoms with Crippen molar-refractivity contribution in [2.45, 2.75) is 65.2 Å². The van der Waals surface area contributed by atoms with Crippen LogP contribution in [-0.4, -0.2) is 52.4 Å². The van der Waals surface area contributed by atoms with E-state index in [1.54, 1.807) is 24.8 Å². The van der Waals surface area contributed by atoms with Crippen LogP contribution in [0.15, 0.2) is 24.3 Å². The van der Waals surface area contributed by atoms with E-state index in [9.17, 15) is 18.0 Å². The predicted octanol–water partition coefficient (Wildman–Crippen LogP) is 6.12. The van der Waals surface area contributed by atoms with Crippen molar-refractivity contribution < 1.29 is 32.2 Å². The molecule has 208 valence electrons. The van der Waals surface area contributed by atoms with Crippen LogP contribution in [0.5, 0.6) is 11.5 Å². The van der Waals surface area contributed by atoms with E-state index < -0.39 is 35.5 Å². The standard InChI is InChI=1S/C28H31F3N4O4/c1-14(17-7-6-8-18(22(17)29)25(30)31)32-26-20-11-21(24-19(9-10-37-24)23(20)33-15(2)34-26)38-16-12-35(13-16)27(36)39-28(3,4)5/h6-8,11,14,16,25H,9-10,12-13H2,1-5H3,(H,32,33,34)/t14-/m1/s1. The first kappa shape index (κ1) is 26.8. The molecule has 0 aliphatic carbocycles. The van der Waals surface area contributed by atoms with E-state index in [-0.39, 0.29) is 11.7 Å². The van der Waals surface area contributed by atoms with Crippen LogP contribution < -0.4 is 14.8 Å². The van der Waals surface area contributed by atoms with Crippen molar-refractivity contribution in [3.8, 4) is 11.5 Å². The molecule has 5 rings (SSSR count). The topological polar surface area (TPSA) is 85.8 Å². The zero-order chi connectivity index (χ0) is 28.1. The van der Waals surface area contributed by atoms with Gasteiger partial charge in [-0.05, 0) is 40.7 Å². The molecule has 0 spiro atoms. The number of aryl methyl sites for hydroxylation is 1. The molecule has 0 unspecified atom stereocenters. The molecule has 1 saturated heterocycles. The largest absolute Gasteiger partial charge is 0.489 e. The lowest BCUT2D eigenvalue weighted by atomic mass is 10.0. The molecule has 3 aromatic rings. The van der Waals surface area contributed by atoms with Gasteiger partial charge in [0.15, 0.2) is 11.5 Å². The Morgan fingerprint density at radius 3 is 2.62 bits per heavy atom. The molecular weight excluding hydrogens is 513 g/mol. The Bertz CT molecular complexity index is 1420. The molecule has 0 bridgehead atoms. The SMILES string of the molecule is Cc1nc(N[C@H](C)c2cccc(C(F)F)c2F)c2cc(OC3CN(C(=O)OC(C)(C)C)C3)c3c(c2n1)CCO3. The summed E-state index contributed by atoms with van der Waals surface area (Å²) >= 11 is 0. The van der Waals surface area contributed by atoms with Crippen LogP contribution >= 0.6 is 0 Å².